The van der Waals surface area contributed by atoms with Crippen LogP contribution < -0.4 is 20.3 Å². The van der Waals surface area contributed by atoms with Crippen LogP contribution in [0.2, 0.25) is 0 Å². The Morgan fingerprint density at radius 3 is 1.87 bits per heavy atom. The number of hydrogen-bond acceptors (Lipinski definition) is 5. The molecule has 0 bridgehead atoms. The average molecular weight is 525 g/mol. The first-order valence-electron chi connectivity index (χ1n) is 13.6. The van der Waals surface area contributed by atoms with Crippen LogP contribution in [-0.2, 0) is 5.54 Å². The first-order chi connectivity index (χ1) is 18.8. The predicted molar refractivity (Wildman–Crippen MR) is 158 cm³/mol. The largest absolute Gasteiger partial charge is 0.456 e. The smallest absolute Gasteiger partial charge is 0.262 e. The fourth-order valence-electron chi connectivity index (χ4n) is 6.00. The van der Waals surface area contributed by atoms with Crippen molar-refractivity contribution in [3.63, 3.8) is 0 Å². The van der Waals surface area contributed by atoms with E-state index in [-0.39, 0.29) is 17.7 Å². The summed E-state index contributed by atoms with van der Waals surface area (Å²) in [4.78, 5) is 24.3. The van der Waals surface area contributed by atoms with Gasteiger partial charge >= 0.3 is 0 Å². The summed E-state index contributed by atoms with van der Waals surface area (Å²) in [7, 11) is 0. The van der Waals surface area contributed by atoms with Crippen LogP contribution >= 0.6 is 0 Å². The second kappa shape index (κ2) is 10.1. The summed E-state index contributed by atoms with van der Waals surface area (Å²) >= 11 is 0. The molecule has 0 saturated heterocycles. The maximum atomic E-state index is 14.1. The van der Waals surface area contributed by atoms with Crippen molar-refractivity contribution in [3.05, 3.63) is 82.9 Å². The van der Waals surface area contributed by atoms with Crippen molar-refractivity contribution in [1.29, 1.82) is 5.41 Å². The molecule has 0 saturated carbocycles. The quantitative estimate of drug-likeness (QED) is 0.326. The summed E-state index contributed by atoms with van der Waals surface area (Å²) in [6, 6.07) is 19.8. The number of nitrogens with one attached hydrogen (secondary N) is 1. The van der Waals surface area contributed by atoms with E-state index in [0.29, 0.717) is 17.1 Å². The Morgan fingerprint density at radius 2 is 1.38 bits per heavy atom. The van der Waals surface area contributed by atoms with Gasteiger partial charge in [0.2, 0.25) is 5.96 Å². The van der Waals surface area contributed by atoms with Crippen LogP contribution in [0.5, 0.6) is 11.5 Å². The number of anilines is 2. The number of benzene rings is 3. The lowest BCUT2D eigenvalue weighted by Gasteiger charge is -2.43. The number of guanidine groups is 1. The number of carbonyl (C=O) groups excluding carboxylic acids is 1. The molecule has 1 spiro atoms. The van der Waals surface area contributed by atoms with Crippen molar-refractivity contribution in [1.82, 2.24) is 4.90 Å². The van der Waals surface area contributed by atoms with Crippen LogP contribution in [0.15, 0.2) is 65.7 Å². The zero-order valence-corrected chi connectivity index (χ0v) is 23.3. The van der Waals surface area contributed by atoms with Gasteiger partial charge in [0.1, 0.15) is 17.0 Å². The third-order valence-corrected chi connectivity index (χ3v) is 7.77. The molecule has 0 aromatic heterocycles. The molecule has 3 aromatic carbocycles. The number of carbonyl (C=O) groups is 1. The fourth-order valence-corrected chi connectivity index (χ4v) is 6.00. The predicted octanol–water partition coefficient (Wildman–Crippen LogP) is 5.54. The van der Waals surface area contributed by atoms with Gasteiger partial charge in [-0.25, -0.2) is 4.99 Å². The van der Waals surface area contributed by atoms with Crippen molar-refractivity contribution >= 4 is 29.1 Å². The van der Waals surface area contributed by atoms with Gasteiger partial charge in [0, 0.05) is 71.9 Å². The van der Waals surface area contributed by atoms with Gasteiger partial charge < -0.3 is 20.3 Å². The van der Waals surface area contributed by atoms with Gasteiger partial charge in [-0.1, -0.05) is 30.3 Å². The Balaban J connectivity index is 1.87. The molecule has 0 atom stereocenters. The van der Waals surface area contributed by atoms with Gasteiger partial charge in [0.25, 0.3) is 5.91 Å². The first kappa shape index (κ1) is 26.3. The molecule has 5 rings (SSSR count). The SMILES string of the molecule is CCN(CC)c1ccc2c(c1)Oc1cc(N(CC)CC)ccc1C21c2ccccc2C(=O)N1C(=N)N=C(C)N. The zero-order valence-electron chi connectivity index (χ0n) is 23.3. The second-order valence-corrected chi connectivity index (χ2v) is 9.78. The van der Waals surface area contributed by atoms with E-state index in [2.05, 4.69) is 54.6 Å². The number of aliphatic imine (C=N–C) groups is 1. The van der Waals surface area contributed by atoms with Gasteiger partial charge in [-0.2, -0.15) is 0 Å². The summed E-state index contributed by atoms with van der Waals surface area (Å²) in [5.41, 5.74) is 9.75. The molecule has 39 heavy (non-hydrogen) atoms. The standard InChI is InChI=1S/C31H36N6O2/c1-6-35(7-2)21-14-16-25-27(18-21)39-28-19-22(36(8-3)9-4)15-17-26(28)31(25)24-13-11-10-12-23(24)29(38)37(31)30(33)34-20(5)32/h10-19H,6-9H2,1-5H3,(H3,32,33,34). The molecule has 2 aliphatic heterocycles. The normalized spacial score (nSPS) is 14.9. The van der Waals surface area contributed by atoms with Crippen LogP contribution in [0.25, 0.3) is 0 Å². The molecular weight excluding hydrogens is 488 g/mol. The van der Waals surface area contributed by atoms with Crippen LogP contribution in [0, 0.1) is 5.41 Å². The minimum Gasteiger partial charge on any atom is -0.456 e. The Labute approximate surface area is 230 Å². The Bertz CT molecular complexity index is 1410. The van der Waals surface area contributed by atoms with E-state index in [4.69, 9.17) is 15.9 Å². The molecule has 1 amide bonds. The minimum atomic E-state index is -1.14. The van der Waals surface area contributed by atoms with Crippen LogP contribution in [0.4, 0.5) is 11.4 Å². The number of ether oxygens (including phenoxy) is 1. The lowest BCUT2D eigenvalue weighted by atomic mass is 9.74. The maximum absolute atomic E-state index is 14.1. The van der Waals surface area contributed by atoms with Crippen LogP contribution in [0.3, 0.4) is 0 Å². The van der Waals surface area contributed by atoms with E-state index >= 15 is 0 Å². The van der Waals surface area contributed by atoms with Gasteiger partial charge in [0.15, 0.2) is 0 Å². The molecule has 2 heterocycles. The Kier molecular flexibility index (Phi) is 6.80. The molecule has 0 radical (unpaired) electrons. The van der Waals surface area contributed by atoms with Gasteiger partial charge in [-0.15, -0.1) is 0 Å². The summed E-state index contributed by atoms with van der Waals surface area (Å²) in [5.74, 6) is 1.01. The fraction of sp³-hybridized carbons (Fsp3) is 0.323. The van der Waals surface area contributed by atoms with Crippen molar-refractivity contribution in [2.45, 2.75) is 40.2 Å². The van der Waals surface area contributed by atoms with E-state index in [0.717, 1.165) is 54.2 Å². The molecule has 0 fully saturated rings. The number of hydrogen-bond donors (Lipinski definition) is 2. The van der Waals surface area contributed by atoms with E-state index in [1.807, 2.05) is 48.5 Å². The highest BCUT2D eigenvalue weighted by molar-refractivity contribution is 6.13. The van der Waals surface area contributed by atoms with Gasteiger partial charge in [-0.05, 0) is 52.8 Å². The third kappa shape index (κ3) is 3.93. The van der Waals surface area contributed by atoms with Gasteiger partial charge in [-0.3, -0.25) is 15.1 Å². The monoisotopic (exact) mass is 524 g/mol. The minimum absolute atomic E-state index is 0.208. The average Bonchev–Trinajstić information content (AvgIpc) is 3.18. The summed E-state index contributed by atoms with van der Waals surface area (Å²) in [5, 5.41) is 8.99. The lowest BCUT2D eigenvalue weighted by molar-refractivity contribution is 0.0802. The van der Waals surface area contributed by atoms with Crippen molar-refractivity contribution in [2.75, 3.05) is 36.0 Å². The number of fused-ring (bicyclic) bond motifs is 6. The highest BCUT2D eigenvalue weighted by atomic mass is 16.5. The summed E-state index contributed by atoms with van der Waals surface area (Å²) in [6.45, 7) is 13.5. The molecule has 3 N–H and O–H groups in total. The van der Waals surface area contributed by atoms with Crippen LogP contribution in [-0.4, -0.2) is 48.8 Å². The second-order valence-electron chi connectivity index (χ2n) is 9.78. The number of rotatable bonds is 6. The van der Waals surface area contributed by atoms with E-state index in [1.54, 1.807) is 6.92 Å². The van der Waals surface area contributed by atoms with Crippen molar-refractivity contribution in [3.8, 4) is 11.5 Å². The molecule has 3 aromatic rings. The van der Waals surface area contributed by atoms with E-state index < -0.39 is 5.54 Å². The van der Waals surface area contributed by atoms with E-state index in [1.165, 1.54) is 4.90 Å². The first-order valence-corrected chi connectivity index (χ1v) is 13.6. The number of nitrogens with zero attached hydrogens (tertiary/aromatic N) is 4. The molecule has 8 nitrogen and oxygen atoms in total. The highest BCUT2D eigenvalue weighted by Gasteiger charge is 2.58. The summed E-state index contributed by atoms with van der Waals surface area (Å²) < 4.78 is 6.66. The number of nitrogens with two attached hydrogens (primary N) is 1. The van der Waals surface area contributed by atoms with Crippen molar-refractivity contribution in [2.24, 2.45) is 10.7 Å². The van der Waals surface area contributed by atoms with Crippen molar-refractivity contribution < 1.29 is 9.53 Å². The number of amidine groups is 1. The topological polar surface area (TPSA) is 98.2 Å². The lowest BCUT2D eigenvalue weighted by Crippen LogP contribution is -2.50. The molecule has 0 unspecified atom stereocenters. The Hall–Kier alpha value is -4.33. The molecule has 0 aliphatic carbocycles. The Morgan fingerprint density at radius 1 is 0.872 bits per heavy atom. The summed E-state index contributed by atoms with van der Waals surface area (Å²) in [6.07, 6.45) is 0. The van der Waals surface area contributed by atoms with Crippen LogP contribution in [0.1, 0.15) is 61.7 Å². The molecule has 2 aliphatic rings. The highest BCUT2D eigenvalue weighted by Crippen LogP contribution is 2.58. The van der Waals surface area contributed by atoms with E-state index in [9.17, 15) is 4.79 Å². The molecule has 8 heteroatoms. The zero-order chi connectivity index (χ0) is 27.9. The maximum Gasteiger partial charge on any atom is 0.262 e. The van der Waals surface area contributed by atoms with Gasteiger partial charge in [0.05, 0.1) is 5.84 Å². The molecule has 202 valence electrons. The number of amides is 1. The third-order valence-electron chi connectivity index (χ3n) is 7.77. The molecular formula is C31H36N6O2.